The van der Waals surface area contributed by atoms with Crippen molar-refractivity contribution >= 4 is 12.0 Å². The molecule has 6 heteroatoms. The molecule has 0 aromatic rings. The average Bonchev–Trinajstić information content (AvgIpc) is 2.38. The van der Waals surface area contributed by atoms with Crippen molar-refractivity contribution in [2.45, 2.75) is 58.0 Å². The van der Waals surface area contributed by atoms with Crippen molar-refractivity contribution in [2.75, 3.05) is 6.61 Å². The molecule has 116 valence electrons. The number of aliphatic hydroxyl groups is 1. The molecule has 1 saturated carbocycles. The minimum Gasteiger partial charge on any atom is -0.480 e. The van der Waals surface area contributed by atoms with Crippen molar-refractivity contribution in [3.05, 3.63) is 0 Å². The first kappa shape index (κ1) is 16.8. The van der Waals surface area contributed by atoms with E-state index in [0.29, 0.717) is 11.8 Å². The Morgan fingerprint density at radius 3 is 2.45 bits per heavy atom. The van der Waals surface area contributed by atoms with E-state index in [1.54, 1.807) is 0 Å². The Hall–Kier alpha value is -1.30. The number of rotatable bonds is 6. The van der Waals surface area contributed by atoms with Crippen LogP contribution in [0.3, 0.4) is 0 Å². The molecular formula is C14H26N2O4. The maximum absolute atomic E-state index is 11.9. The van der Waals surface area contributed by atoms with E-state index in [-0.39, 0.29) is 19.1 Å². The van der Waals surface area contributed by atoms with Crippen molar-refractivity contribution in [1.29, 1.82) is 0 Å². The van der Waals surface area contributed by atoms with Crippen LogP contribution in [0.1, 0.15) is 46.0 Å². The fraction of sp³-hybridized carbons (Fsp3) is 0.857. The van der Waals surface area contributed by atoms with E-state index in [1.807, 2.05) is 0 Å². The fourth-order valence-corrected chi connectivity index (χ4v) is 2.89. The Labute approximate surface area is 119 Å². The van der Waals surface area contributed by atoms with E-state index in [0.717, 1.165) is 19.3 Å². The molecule has 1 aliphatic rings. The Morgan fingerprint density at radius 1 is 1.25 bits per heavy atom. The maximum atomic E-state index is 11.9. The van der Waals surface area contributed by atoms with Gasteiger partial charge < -0.3 is 20.8 Å². The van der Waals surface area contributed by atoms with E-state index in [2.05, 4.69) is 24.5 Å². The highest BCUT2D eigenvalue weighted by Crippen LogP contribution is 2.30. The van der Waals surface area contributed by atoms with Gasteiger partial charge in [-0.2, -0.15) is 0 Å². The molecule has 0 saturated heterocycles. The SMILES string of the molecule is CC(C)C1CCCCC1NC(=O)N[C@H](CCO)C(=O)O. The molecular weight excluding hydrogens is 260 g/mol. The van der Waals surface area contributed by atoms with Crippen LogP contribution >= 0.6 is 0 Å². The summed E-state index contributed by atoms with van der Waals surface area (Å²) in [7, 11) is 0. The van der Waals surface area contributed by atoms with Gasteiger partial charge in [-0.15, -0.1) is 0 Å². The number of amides is 2. The second-order valence-corrected chi connectivity index (χ2v) is 5.82. The molecule has 20 heavy (non-hydrogen) atoms. The highest BCUT2D eigenvalue weighted by molar-refractivity contribution is 5.82. The molecule has 6 nitrogen and oxygen atoms in total. The van der Waals surface area contributed by atoms with Crippen LogP contribution in [0, 0.1) is 11.8 Å². The molecule has 0 aromatic carbocycles. The molecule has 1 aliphatic carbocycles. The Kier molecular flexibility index (Phi) is 6.78. The van der Waals surface area contributed by atoms with Gasteiger partial charge in [0.2, 0.25) is 0 Å². The average molecular weight is 286 g/mol. The van der Waals surface area contributed by atoms with Gasteiger partial charge in [-0.05, 0) is 24.7 Å². The minimum absolute atomic E-state index is 0.0149. The largest absolute Gasteiger partial charge is 0.480 e. The number of carbonyl (C=O) groups excluding carboxylic acids is 1. The monoisotopic (exact) mass is 286 g/mol. The molecule has 0 bridgehead atoms. The van der Waals surface area contributed by atoms with Crippen LogP contribution in [0.15, 0.2) is 0 Å². The molecule has 0 spiro atoms. The molecule has 2 amide bonds. The first-order valence-corrected chi connectivity index (χ1v) is 7.36. The quantitative estimate of drug-likeness (QED) is 0.592. The smallest absolute Gasteiger partial charge is 0.326 e. The molecule has 4 N–H and O–H groups in total. The molecule has 0 aliphatic heterocycles. The van der Waals surface area contributed by atoms with Crippen LogP contribution < -0.4 is 10.6 Å². The van der Waals surface area contributed by atoms with Crippen molar-refractivity contribution < 1.29 is 19.8 Å². The number of aliphatic carboxylic acids is 1. The number of nitrogens with one attached hydrogen (secondary N) is 2. The minimum atomic E-state index is -1.13. The van der Waals surface area contributed by atoms with Gasteiger partial charge in [0.25, 0.3) is 0 Å². The lowest BCUT2D eigenvalue weighted by atomic mass is 9.78. The van der Waals surface area contributed by atoms with Crippen molar-refractivity contribution in [3.8, 4) is 0 Å². The lowest BCUT2D eigenvalue weighted by Gasteiger charge is -2.35. The summed E-state index contributed by atoms with van der Waals surface area (Å²) >= 11 is 0. The van der Waals surface area contributed by atoms with Gasteiger partial charge >= 0.3 is 12.0 Å². The standard InChI is InChI=1S/C14H26N2O4/c1-9(2)10-5-3-4-6-11(10)15-14(20)16-12(7-8-17)13(18)19/h9-12,17H,3-8H2,1-2H3,(H,18,19)(H2,15,16,20)/t10?,11?,12-/m1/s1. The first-order valence-electron chi connectivity index (χ1n) is 7.36. The predicted octanol–water partition coefficient (Wildman–Crippen LogP) is 1.34. The van der Waals surface area contributed by atoms with Crippen LogP contribution in [0.2, 0.25) is 0 Å². The normalized spacial score (nSPS) is 24.2. The number of urea groups is 1. The number of hydrogen-bond acceptors (Lipinski definition) is 3. The van der Waals surface area contributed by atoms with Crippen LogP contribution in [-0.2, 0) is 4.79 Å². The summed E-state index contributed by atoms with van der Waals surface area (Å²) in [5.41, 5.74) is 0. The topological polar surface area (TPSA) is 98.7 Å². The third-order valence-electron chi connectivity index (χ3n) is 4.01. The number of aliphatic hydroxyl groups excluding tert-OH is 1. The maximum Gasteiger partial charge on any atom is 0.326 e. The van der Waals surface area contributed by atoms with E-state index < -0.39 is 18.0 Å². The number of carboxylic acid groups (broad SMARTS) is 1. The zero-order valence-corrected chi connectivity index (χ0v) is 12.3. The second kappa shape index (κ2) is 8.09. The third kappa shape index (κ3) is 5.00. The van der Waals surface area contributed by atoms with Gasteiger partial charge in [0, 0.05) is 19.1 Å². The van der Waals surface area contributed by atoms with Crippen molar-refractivity contribution in [3.63, 3.8) is 0 Å². The van der Waals surface area contributed by atoms with Crippen LogP contribution in [0.5, 0.6) is 0 Å². The Morgan fingerprint density at radius 2 is 1.90 bits per heavy atom. The number of carbonyl (C=O) groups is 2. The molecule has 0 radical (unpaired) electrons. The van der Waals surface area contributed by atoms with E-state index in [9.17, 15) is 9.59 Å². The first-order chi connectivity index (χ1) is 9.45. The summed E-state index contributed by atoms with van der Waals surface area (Å²) < 4.78 is 0. The van der Waals surface area contributed by atoms with Gasteiger partial charge in [-0.3, -0.25) is 0 Å². The second-order valence-electron chi connectivity index (χ2n) is 5.82. The van der Waals surface area contributed by atoms with Gasteiger partial charge in [-0.1, -0.05) is 26.7 Å². The van der Waals surface area contributed by atoms with Gasteiger partial charge in [0.1, 0.15) is 6.04 Å². The van der Waals surface area contributed by atoms with Crippen LogP contribution in [0.4, 0.5) is 4.79 Å². The summed E-state index contributed by atoms with van der Waals surface area (Å²) in [6, 6.07) is -1.39. The predicted molar refractivity (Wildman–Crippen MR) is 75.4 cm³/mol. The zero-order chi connectivity index (χ0) is 15.1. The van der Waals surface area contributed by atoms with E-state index in [1.165, 1.54) is 6.42 Å². The molecule has 0 aromatic heterocycles. The van der Waals surface area contributed by atoms with Crippen molar-refractivity contribution in [1.82, 2.24) is 10.6 Å². The van der Waals surface area contributed by atoms with Gasteiger partial charge in [0.05, 0.1) is 0 Å². The Bertz CT molecular complexity index is 333. The van der Waals surface area contributed by atoms with E-state index >= 15 is 0 Å². The molecule has 1 rings (SSSR count). The van der Waals surface area contributed by atoms with Gasteiger partial charge in [-0.25, -0.2) is 9.59 Å². The molecule has 0 heterocycles. The zero-order valence-electron chi connectivity index (χ0n) is 12.3. The third-order valence-corrected chi connectivity index (χ3v) is 4.01. The highest BCUT2D eigenvalue weighted by Gasteiger charge is 2.29. The number of hydrogen-bond donors (Lipinski definition) is 4. The van der Waals surface area contributed by atoms with Crippen molar-refractivity contribution in [2.24, 2.45) is 11.8 Å². The van der Waals surface area contributed by atoms with Gasteiger partial charge in [0.15, 0.2) is 0 Å². The summed E-state index contributed by atoms with van der Waals surface area (Å²) in [4.78, 5) is 22.8. The number of carboxylic acids is 1. The molecule has 1 fully saturated rings. The Balaban J connectivity index is 2.52. The van der Waals surface area contributed by atoms with Crippen LogP contribution in [0.25, 0.3) is 0 Å². The summed E-state index contributed by atoms with van der Waals surface area (Å²) in [5, 5.41) is 23.1. The fourth-order valence-electron chi connectivity index (χ4n) is 2.89. The lowest BCUT2D eigenvalue weighted by Crippen LogP contribution is -2.52. The van der Waals surface area contributed by atoms with E-state index in [4.69, 9.17) is 10.2 Å². The molecule has 2 unspecified atom stereocenters. The molecule has 3 atom stereocenters. The highest BCUT2D eigenvalue weighted by atomic mass is 16.4. The summed E-state index contributed by atoms with van der Waals surface area (Å²) in [6.45, 7) is 4.03. The summed E-state index contributed by atoms with van der Waals surface area (Å²) in [5.74, 6) is -0.192. The summed E-state index contributed by atoms with van der Waals surface area (Å²) in [6.07, 6.45) is 4.33. The lowest BCUT2D eigenvalue weighted by molar-refractivity contribution is -0.139. The van der Waals surface area contributed by atoms with Crippen LogP contribution in [-0.4, -0.2) is 40.9 Å².